The number of nitrogens with zero attached hydrogens (tertiary/aromatic N) is 4. The van der Waals surface area contributed by atoms with Gasteiger partial charge in [-0.15, -0.1) is 10.2 Å². The van der Waals surface area contributed by atoms with Gasteiger partial charge >= 0.3 is 0 Å². The van der Waals surface area contributed by atoms with Crippen molar-refractivity contribution in [1.29, 1.82) is 0 Å². The third kappa shape index (κ3) is 4.17. The fourth-order valence-electron chi connectivity index (χ4n) is 3.01. The number of hydrogen-bond donors (Lipinski definition) is 2. The molecule has 0 spiro atoms. The number of aryl methyl sites for hydroxylation is 1. The highest BCUT2D eigenvalue weighted by molar-refractivity contribution is 7.80. The minimum Gasteiger partial charge on any atom is -0.491 e. The summed E-state index contributed by atoms with van der Waals surface area (Å²) in [5.41, 5.74) is -0.254. The third-order valence-corrected chi connectivity index (χ3v) is 5.79. The predicted octanol–water partition coefficient (Wildman–Crippen LogP) is 4.11. The zero-order valence-corrected chi connectivity index (χ0v) is 19.1. The van der Waals surface area contributed by atoms with Crippen LogP contribution in [0.1, 0.15) is 23.1 Å². The summed E-state index contributed by atoms with van der Waals surface area (Å²) in [4.78, 5) is 12.9. The van der Waals surface area contributed by atoms with Crippen molar-refractivity contribution in [2.24, 2.45) is 0 Å². The Morgan fingerprint density at radius 2 is 1.74 bits per heavy atom. The molecule has 14 heteroatoms. The van der Waals surface area contributed by atoms with E-state index >= 15 is 0 Å². The zero-order valence-electron chi connectivity index (χ0n) is 17.5. The molecule has 0 atom stereocenters. The summed E-state index contributed by atoms with van der Waals surface area (Å²) in [5.74, 6) is -9.50. The highest BCUT2D eigenvalue weighted by Gasteiger charge is 2.30. The van der Waals surface area contributed by atoms with E-state index in [4.69, 9.17) is 12.2 Å². The molecule has 0 aliphatic rings. The van der Waals surface area contributed by atoms with E-state index in [0.29, 0.717) is 22.1 Å². The van der Waals surface area contributed by atoms with E-state index in [2.05, 4.69) is 25.3 Å². The summed E-state index contributed by atoms with van der Waals surface area (Å²) in [7, 11) is 0.830. The first-order valence-electron chi connectivity index (χ1n) is 9.58. The van der Waals surface area contributed by atoms with Gasteiger partial charge in [-0.3, -0.25) is 10.1 Å². The summed E-state index contributed by atoms with van der Waals surface area (Å²) in [5, 5.41) is 17.6. The molecule has 0 fully saturated rings. The number of carbonyl (C=O) groups is 1. The Balaban J connectivity index is 1.47. The summed E-state index contributed by atoms with van der Waals surface area (Å²) >= 11 is 6.32. The fraction of sp³-hybridized carbons (Fsp3) is 0.150. The number of benzene rings is 2. The fourth-order valence-corrected chi connectivity index (χ4v) is 4.08. The lowest BCUT2D eigenvalue weighted by Crippen LogP contribution is -2.35. The maximum absolute atomic E-state index is 14.1. The van der Waals surface area contributed by atoms with Crippen molar-refractivity contribution < 1.29 is 27.1 Å². The molecule has 4 aromatic rings. The number of hydrogen-bond acceptors (Lipinski definition) is 7. The minimum atomic E-state index is -1.91. The zero-order chi connectivity index (χ0) is 24.6. The number of rotatable bonds is 5. The first-order valence-corrected chi connectivity index (χ1v) is 10.8. The summed E-state index contributed by atoms with van der Waals surface area (Å²) in [6.45, 7) is 1.95. The summed E-state index contributed by atoms with van der Waals surface area (Å²) in [6.07, 6.45) is 0.681. The Morgan fingerprint density at radius 1 is 1.09 bits per heavy atom. The van der Waals surface area contributed by atoms with E-state index in [0.717, 1.165) is 18.5 Å². The summed E-state index contributed by atoms with van der Waals surface area (Å²) < 4.78 is 61.9. The maximum Gasteiger partial charge on any atom is 0.263 e. The van der Waals surface area contributed by atoms with Gasteiger partial charge in [-0.05, 0) is 36.5 Å². The van der Waals surface area contributed by atoms with Gasteiger partial charge in [0.15, 0.2) is 28.3 Å². The number of halogens is 4. The number of ether oxygens (including phenoxy) is 1. The smallest absolute Gasteiger partial charge is 0.263 e. The lowest BCUT2D eigenvalue weighted by atomic mass is 10.1. The Morgan fingerprint density at radius 3 is 2.32 bits per heavy atom. The molecule has 4 rings (SSSR count). The van der Waals surface area contributed by atoms with Crippen LogP contribution in [0.25, 0.3) is 15.5 Å². The number of nitrogens with one attached hydrogen (secondary N) is 2. The number of fused-ring (bicyclic) bond motifs is 1. The van der Waals surface area contributed by atoms with Gasteiger partial charge in [0.05, 0.1) is 7.11 Å². The van der Waals surface area contributed by atoms with E-state index in [1.54, 1.807) is 28.8 Å². The normalized spacial score (nSPS) is 11.0. The van der Waals surface area contributed by atoms with Crippen LogP contribution in [0, 0.1) is 23.3 Å². The van der Waals surface area contributed by atoms with E-state index in [-0.39, 0.29) is 5.11 Å². The quantitative estimate of drug-likeness (QED) is 0.237. The largest absolute Gasteiger partial charge is 0.491 e. The summed E-state index contributed by atoms with van der Waals surface area (Å²) in [6, 6.07) is 6.73. The van der Waals surface area contributed by atoms with Crippen LogP contribution in [-0.2, 0) is 6.42 Å². The highest BCUT2D eigenvalue weighted by atomic mass is 32.1. The third-order valence-electron chi connectivity index (χ3n) is 4.64. The van der Waals surface area contributed by atoms with Crippen LogP contribution in [0.3, 0.4) is 0 Å². The molecule has 176 valence electrons. The van der Waals surface area contributed by atoms with Gasteiger partial charge in [0, 0.05) is 17.7 Å². The van der Waals surface area contributed by atoms with Crippen molar-refractivity contribution in [3.05, 3.63) is 58.9 Å². The number of methoxy groups -OCH3 is 1. The van der Waals surface area contributed by atoms with Crippen molar-refractivity contribution in [3.63, 3.8) is 0 Å². The Hall–Kier alpha value is -3.65. The number of amides is 1. The van der Waals surface area contributed by atoms with E-state index in [9.17, 15) is 22.4 Å². The lowest BCUT2D eigenvalue weighted by Gasteiger charge is -2.13. The molecular formula is C20H14F4N6O2S2. The van der Waals surface area contributed by atoms with Crippen molar-refractivity contribution in [3.8, 4) is 16.3 Å². The van der Waals surface area contributed by atoms with Crippen molar-refractivity contribution >= 4 is 45.2 Å². The molecule has 0 saturated carbocycles. The van der Waals surface area contributed by atoms with Crippen LogP contribution in [0.15, 0.2) is 24.3 Å². The molecule has 2 heterocycles. The van der Waals surface area contributed by atoms with E-state index < -0.39 is 40.5 Å². The number of aromatic nitrogens is 4. The molecule has 0 saturated heterocycles. The first kappa shape index (κ1) is 23.5. The standard InChI is InChI=1S/C20H14F4N6O2S2/c1-3-10-27-28-20-30(10)29-18(34-20)8-4-6-9(7-5-8)25-19(33)26-17(31)11-12(21)14(23)16(32-2)15(24)13(11)22/h4-7H,3H2,1-2H3,(H2,25,26,31,33). The van der Waals surface area contributed by atoms with Gasteiger partial charge in [-0.2, -0.15) is 18.4 Å². The number of thiocarbonyl (C=S) groups is 1. The monoisotopic (exact) mass is 510 g/mol. The lowest BCUT2D eigenvalue weighted by molar-refractivity contribution is 0.0966. The second-order valence-electron chi connectivity index (χ2n) is 6.72. The Bertz CT molecular complexity index is 1390. The van der Waals surface area contributed by atoms with Crippen molar-refractivity contribution in [2.75, 3.05) is 12.4 Å². The molecule has 2 aromatic heterocycles. The van der Waals surface area contributed by atoms with Crippen LogP contribution in [-0.4, -0.2) is 37.9 Å². The van der Waals surface area contributed by atoms with Gasteiger partial charge in [0.2, 0.25) is 16.6 Å². The minimum absolute atomic E-state index is 0.348. The number of anilines is 1. The van der Waals surface area contributed by atoms with Crippen LogP contribution < -0.4 is 15.4 Å². The molecule has 2 aromatic carbocycles. The number of carbonyl (C=O) groups excluding carboxylic acids is 1. The molecule has 2 N–H and O–H groups in total. The van der Waals surface area contributed by atoms with Crippen LogP contribution in [0.4, 0.5) is 23.2 Å². The molecule has 0 aliphatic heterocycles. The molecule has 0 aliphatic carbocycles. The van der Waals surface area contributed by atoms with Gasteiger partial charge in [0.1, 0.15) is 10.6 Å². The van der Waals surface area contributed by atoms with Gasteiger partial charge in [0.25, 0.3) is 5.91 Å². The average molecular weight is 510 g/mol. The SMILES string of the molecule is CCc1nnc2sc(-c3ccc(NC(=S)NC(=O)c4c(F)c(F)c(OC)c(F)c4F)cc3)nn12. The van der Waals surface area contributed by atoms with Crippen LogP contribution in [0.2, 0.25) is 0 Å². The predicted molar refractivity (Wildman–Crippen MR) is 120 cm³/mol. The molecule has 34 heavy (non-hydrogen) atoms. The van der Waals surface area contributed by atoms with E-state index in [1.165, 1.54) is 11.3 Å². The molecule has 0 bridgehead atoms. The molecule has 8 nitrogen and oxygen atoms in total. The van der Waals surface area contributed by atoms with Crippen molar-refractivity contribution in [2.45, 2.75) is 13.3 Å². The van der Waals surface area contributed by atoms with E-state index in [1.807, 2.05) is 12.2 Å². The first-order chi connectivity index (χ1) is 16.2. The molecule has 1 amide bonds. The highest BCUT2D eigenvalue weighted by Crippen LogP contribution is 2.30. The Kier molecular flexibility index (Phi) is 6.43. The second-order valence-corrected chi connectivity index (χ2v) is 8.09. The maximum atomic E-state index is 14.1. The molecular weight excluding hydrogens is 496 g/mol. The Labute approximate surface area is 198 Å². The van der Waals surface area contributed by atoms with Gasteiger partial charge in [-0.1, -0.05) is 18.3 Å². The van der Waals surface area contributed by atoms with Crippen LogP contribution >= 0.6 is 23.6 Å². The van der Waals surface area contributed by atoms with Gasteiger partial charge in [-0.25, -0.2) is 8.78 Å². The topological polar surface area (TPSA) is 93.4 Å². The average Bonchev–Trinajstić information content (AvgIpc) is 3.39. The van der Waals surface area contributed by atoms with Crippen molar-refractivity contribution in [1.82, 2.24) is 25.1 Å². The van der Waals surface area contributed by atoms with Gasteiger partial charge < -0.3 is 10.1 Å². The second kappa shape index (κ2) is 9.30. The molecule has 0 radical (unpaired) electrons. The molecule has 0 unspecified atom stereocenters. The van der Waals surface area contributed by atoms with Crippen LogP contribution in [0.5, 0.6) is 5.75 Å².